The molecule has 100 valence electrons. The summed E-state index contributed by atoms with van der Waals surface area (Å²) in [5, 5.41) is 22.1. The van der Waals surface area contributed by atoms with Crippen molar-refractivity contribution in [2.24, 2.45) is 0 Å². The number of amides is 2. The van der Waals surface area contributed by atoms with E-state index in [-0.39, 0.29) is 24.8 Å². The molecule has 0 heterocycles. The number of nitrogens with one attached hydrogen (secondary N) is 2. The summed E-state index contributed by atoms with van der Waals surface area (Å²) in [5.41, 5.74) is 0. The summed E-state index contributed by atoms with van der Waals surface area (Å²) in [4.78, 5) is 22.3. The van der Waals surface area contributed by atoms with Crippen LogP contribution in [0.5, 0.6) is 0 Å². The Morgan fingerprint density at radius 1 is 1.06 bits per heavy atom. The van der Waals surface area contributed by atoms with Gasteiger partial charge in [0.2, 0.25) is 11.8 Å². The monoisotopic (exact) mass is 264 g/mol. The Balaban J connectivity index is 3.38. The first-order valence-electron chi connectivity index (χ1n) is 5.56. The van der Waals surface area contributed by atoms with E-state index in [4.69, 9.17) is 10.2 Å². The van der Waals surface area contributed by atoms with Gasteiger partial charge >= 0.3 is 0 Å². The van der Waals surface area contributed by atoms with Gasteiger partial charge in [0, 0.05) is 25.1 Å². The second kappa shape index (κ2) is 10.4. The molecule has 0 aliphatic rings. The molecule has 0 radical (unpaired) electrons. The van der Waals surface area contributed by atoms with E-state index >= 15 is 0 Å². The number of aliphatic hydroxyl groups is 2. The Morgan fingerprint density at radius 2 is 1.59 bits per heavy atom. The highest BCUT2D eigenvalue weighted by Crippen LogP contribution is 1.99. The molecule has 0 rings (SSSR count). The maximum atomic E-state index is 11.1. The summed E-state index contributed by atoms with van der Waals surface area (Å²) in [6.45, 7) is 0.387. The summed E-state index contributed by atoms with van der Waals surface area (Å²) < 4.78 is 0. The van der Waals surface area contributed by atoms with Gasteiger partial charge in [-0.15, -0.1) is 0 Å². The Morgan fingerprint density at radius 3 is 2.06 bits per heavy atom. The third-order valence-corrected chi connectivity index (χ3v) is 2.20. The van der Waals surface area contributed by atoms with E-state index < -0.39 is 6.29 Å². The molecule has 6 nitrogen and oxygen atoms in total. The molecule has 0 aromatic rings. The number of unbranched alkanes of at least 4 members (excludes halogenated alkanes) is 1. The lowest BCUT2D eigenvalue weighted by Gasteiger charge is -2.06. The number of hydrogen-bond donors (Lipinski definition) is 5. The molecule has 0 aromatic carbocycles. The quantitative estimate of drug-likeness (QED) is 0.210. The maximum absolute atomic E-state index is 11.1. The number of carbonyl (C=O) groups excluding carboxylic acids is 2. The number of rotatable bonds is 9. The van der Waals surface area contributed by atoms with E-state index in [1.807, 2.05) is 0 Å². The second-order valence-corrected chi connectivity index (χ2v) is 4.01. The van der Waals surface area contributed by atoms with E-state index in [1.165, 1.54) is 0 Å². The smallest absolute Gasteiger partial charge is 0.220 e. The zero-order valence-electron chi connectivity index (χ0n) is 9.69. The highest BCUT2D eigenvalue weighted by Gasteiger charge is 2.05. The SMILES string of the molecule is O=C(CCCCC(=O)NCC(O)O)NCCS. The molecule has 0 saturated carbocycles. The van der Waals surface area contributed by atoms with Gasteiger partial charge in [0.15, 0.2) is 6.29 Å². The molecule has 4 N–H and O–H groups in total. The third kappa shape index (κ3) is 11.5. The predicted molar refractivity (Wildman–Crippen MR) is 66.6 cm³/mol. The maximum Gasteiger partial charge on any atom is 0.220 e. The molecule has 0 bridgehead atoms. The van der Waals surface area contributed by atoms with Gasteiger partial charge in [-0.2, -0.15) is 12.6 Å². The molecule has 0 saturated heterocycles. The Hall–Kier alpha value is -0.790. The van der Waals surface area contributed by atoms with Crippen LogP contribution in [0.25, 0.3) is 0 Å². The Kier molecular flexibility index (Phi) is 9.89. The zero-order valence-corrected chi connectivity index (χ0v) is 10.6. The van der Waals surface area contributed by atoms with Crippen LogP contribution in [0.3, 0.4) is 0 Å². The first-order chi connectivity index (χ1) is 8.06. The van der Waals surface area contributed by atoms with E-state index in [2.05, 4.69) is 23.3 Å². The van der Waals surface area contributed by atoms with Crippen LogP contribution in [0.1, 0.15) is 25.7 Å². The van der Waals surface area contributed by atoms with Gasteiger partial charge in [0.1, 0.15) is 0 Å². The van der Waals surface area contributed by atoms with Gasteiger partial charge in [-0.25, -0.2) is 0 Å². The van der Waals surface area contributed by atoms with Crippen molar-refractivity contribution in [3.05, 3.63) is 0 Å². The van der Waals surface area contributed by atoms with Crippen LogP contribution < -0.4 is 10.6 Å². The Bertz CT molecular complexity index is 236. The fourth-order valence-electron chi connectivity index (χ4n) is 1.15. The fourth-order valence-corrected chi connectivity index (χ4v) is 1.26. The highest BCUT2D eigenvalue weighted by atomic mass is 32.1. The average molecular weight is 264 g/mol. The molecule has 7 heteroatoms. The minimum absolute atomic E-state index is 0.0368. The lowest BCUT2D eigenvalue weighted by Crippen LogP contribution is -2.31. The normalized spacial score (nSPS) is 10.4. The van der Waals surface area contributed by atoms with Crippen LogP contribution in [-0.4, -0.2) is 47.2 Å². The number of hydrogen-bond acceptors (Lipinski definition) is 5. The third-order valence-electron chi connectivity index (χ3n) is 1.97. The predicted octanol–water partition coefficient (Wildman–Crippen LogP) is -0.980. The lowest BCUT2D eigenvalue weighted by molar-refractivity contribution is -0.124. The van der Waals surface area contributed by atoms with Gasteiger partial charge in [-0.1, -0.05) is 0 Å². The van der Waals surface area contributed by atoms with Crippen LogP contribution in [0.2, 0.25) is 0 Å². The van der Waals surface area contributed by atoms with Crippen molar-refractivity contribution in [2.75, 3.05) is 18.8 Å². The number of thiol groups is 1. The van der Waals surface area contributed by atoms with E-state index in [1.54, 1.807) is 0 Å². The minimum atomic E-state index is -1.52. The van der Waals surface area contributed by atoms with Crippen LogP contribution in [0, 0.1) is 0 Å². The highest BCUT2D eigenvalue weighted by molar-refractivity contribution is 7.80. The largest absolute Gasteiger partial charge is 0.367 e. The molecule has 0 aromatic heterocycles. The molecule has 0 aliphatic carbocycles. The minimum Gasteiger partial charge on any atom is -0.367 e. The standard InChI is InChI=1S/C10H20N2O4S/c13-8(11-5-6-17)3-1-2-4-9(14)12-7-10(15)16/h10,15-17H,1-7H2,(H,11,13)(H,12,14). The van der Waals surface area contributed by atoms with Crippen molar-refractivity contribution < 1.29 is 19.8 Å². The van der Waals surface area contributed by atoms with Gasteiger partial charge < -0.3 is 20.8 Å². The van der Waals surface area contributed by atoms with Crippen molar-refractivity contribution in [2.45, 2.75) is 32.0 Å². The second-order valence-electron chi connectivity index (χ2n) is 3.57. The number of aliphatic hydroxyl groups excluding tert-OH is 1. The van der Waals surface area contributed by atoms with Crippen LogP contribution in [-0.2, 0) is 9.59 Å². The molecule has 0 fully saturated rings. The Labute approximate surface area is 106 Å². The first kappa shape index (κ1) is 16.2. The average Bonchev–Trinajstić information content (AvgIpc) is 2.29. The first-order valence-corrected chi connectivity index (χ1v) is 6.20. The molecular weight excluding hydrogens is 244 g/mol. The van der Waals surface area contributed by atoms with Crippen molar-refractivity contribution in [3.63, 3.8) is 0 Å². The van der Waals surface area contributed by atoms with Crippen molar-refractivity contribution >= 4 is 24.4 Å². The summed E-state index contributed by atoms with van der Waals surface area (Å²) in [6, 6.07) is 0. The molecular formula is C10H20N2O4S. The van der Waals surface area contributed by atoms with E-state index in [9.17, 15) is 9.59 Å². The van der Waals surface area contributed by atoms with E-state index in [0.29, 0.717) is 31.6 Å². The van der Waals surface area contributed by atoms with Gasteiger partial charge in [-0.3, -0.25) is 9.59 Å². The summed E-state index contributed by atoms with van der Waals surface area (Å²) in [6.07, 6.45) is 0.386. The summed E-state index contributed by atoms with van der Waals surface area (Å²) in [7, 11) is 0. The number of carbonyl (C=O) groups is 2. The van der Waals surface area contributed by atoms with Crippen molar-refractivity contribution in [1.29, 1.82) is 0 Å². The zero-order chi connectivity index (χ0) is 13.1. The van der Waals surface area contributed by atoms with Crippen LogP contribution in [0.15, 0.2) is 0 Å². The fraction of sp³-hybridized carbons (Fsp3) is 0.800. The van der Waals surface area contributed by atoms with Crippen LogP contribution >= 0.6 is 12.6 Å². The van der Waals surface area contributed by atoms with Crippen LogP contribution in [0.4, 0.5) is 0 Å². The van der Waals surface area contributed by atoms with Gasteiger partial charge in [0.05, 0.1) is 6.54 Å². The van der Waals surface area contributed by atoms with E-state index in [0.717, 1.165) is 0 Å². The molecule has 0 spiro atoms. The molecule has 0 unspecified atom stereocenters. The van der Waals surface area contributed by atoms with Crippen molar-refractivity contribution in [3.8, 4) is 0 Å². The molecule has 0 atom stereocenters. The topological polar surface area (TPSA) is 98.7 Å². The summed E-state index contributed by atoms with van der Waals surface area (Å²) in [5.74, 6) is 0.330. The lowest BCUT2D eigenvalue weighted by atomic mass is 10.2. The van der Waals surface area contributed by atoms with Crippen molar-refractivity contribution in [1.82, 2.24) is 10.6 Å². The molecule has 2 amide bonds. The van der Waals surface area contributed by atoms with Gasteiger partial charge in [-0.05, 0) is 12.8 Å². The molecule has 0 aliphatic heterocycles. The van der Waals surface area contributed by atoms with Gasteiger partial charge in [0.25, 0.3) is 0 Å². The summed E-state index contributed by atoms with van der Waals surface area (Å²) >= 11 is 3.96. The molecule has 17 heavy (non-hydrogen) atoms.